The van der Waals surface area contributed by atoms with Crippen LogP contribution in [0.5, 0.6) is 0 Å². The fourth-order valence-electron chi connectivity index (χ4n) is 2.43. The highest BCUT2D eigenvalue weighted by Crippen LogP contribution is 2.31. The van der Waals surface area contributed by atoms with Crippen LogP contribution in [0.1, 0.15) is 45.6 Å². The van der Waals surface area contributed by atoms with Gasteiger partial charge in [-0.1, -0.05) is 38.5 Å². The number of thioether (sulfide) groups is 1. The van der Waals surface area contributed by atoms with Crippen LogP contribution >= 0.6 is 11.8 Å². The number of hydrogen-bond donors (Lipinski definition) is 1. The van der Waals surface area contributed by atoms with E-state index >= 15 is 0 Å². The third kappa shape index (κ3) is 3.23. The van der Waals surface area contributed by atoms with Crippen LogP contribution < -0.4 is 5.32 Å². The van der Waals surface area contributed by atoms with E-state index in [1.54, 1.807) is 11.8 Å². The molecule has 0 bridgehead atoms. The minimum atomic E-state index is 0.503. The molecular weight excluding hydrogens is 246 g/mol. The Hall–Kier alpha value is -0.620. The fourth-order valence-corrected chi connectivity index (χ4v) is 3.72. The van der Waals surface area contributed by atoms with Gasteiger partial charge in [0, 0.05) is 11.8 Å². The Morgan fingerprint density at radius 3 is 2.72 bits per heavy atom. The van der Waals surface area contributed by atoms with E-state index in [4.69, 9.17) is 0 Å². The average molecular weight is 269 g/mol. The molecule has 1 heterocycles. The Morgan fingerprint density at radius 2 is 2.11 bits per heavy atom. The molecule has 102 valence electrons. The van der Waals surface area contributed by atoms with Gasteiger partial charge in [-0.15, -0.1) is 5.10 Å². The van der Waals surface area contributed by atoms with E-state index in [1.165, 1.54) is 25.7 Å². The van der Waals surface area contributed by atoms with E-state index in [0.29, 0.717) is 18.0 Å². The van der Waals surface area contributed by atoms with E-state index in [-0.39, 0.29) is 0 Å². The summed E-state index contributed by atoms with van der Waals surface area (Å²) in [5.74, 6) is 1.64. The second-order valence-electron chi connectivity index (χ2n) is 5.29. The van der Waals surface area contributed by atoms with Crippen LogP contribution in [0.15, 0.2) is 5.16 Å². The first-order valence-corrected chi connectivity index (χ1v) is 7.79. The molecule has 18 heavy (non-hydrogen) atoms. The second kappa shape index (κ2) is 6.52. The zero-order chi connectivity index (χ0) is 13.0. The Kier molecular flexibility index (Phi) is 5.00. The zero-order valence-corrected chi connectivity index (χ0v) is 12.3. The molecular formula is C12H23N5S. The number of hydrogen-bond acceptors (Lipinski definition) is 5. The summed E-state index contributed by atoms with van der Waals surface area (Å²) in [7, 11) is 2.02. The van der Waals surface area contributed by atoms with Gasteiger partial charge >= 0.3 is 0 Å². The summed E-state index contributed by atoms with van der Waals surface area (Å²) in [6.45, 7) is 4.48. The van der Waals surface area contributed by atoms with Crippen molar-refractivity contribution < 1.29 is 0 Å². The van der Waals surface area contributed by atoms with Crippen LogP contribution in [0.2, 0.25) is 0 Å². The summed E-state index contributed by atoms with van der Waals surface area (Å²) < 4.78 is 2.03. The zero-order valence-electron chi connectivity index (χ0n) is 11.5. The maximum Gasteiger partial charge on any atom is 0.209 e. The van der Waals surface area contributed by atoms with Crippen molar-refractivity contribution in [3.8, 4) is 0 Å². The van der Waals surface area contributed by atoms with Gasteiger partial charge < -0.3 is 5.32 Å². The number of tetrazole rings is 1. The molecule has 0 saturated heterocycles. The lowest BCUT2D eigenvalue weighted by molar-refractivity contribution is 0.421. The molecule has 5 nitrogen and oxygen atoms in total. The summed E-state index contributed by atoms with van der Waals surface area (Å²) in [6.07, 6.45) is 5.05. The highest BCUT2D eigenvalue weighted by molar-refractivity contribution is 7.99. The van der Waals surface area contributed by atoms with Crippen LogP contribution in [-0.4, -0.2) is 39.0 Å². The Morgan fingerprint density at radius 1 is 1.39 bits per heavy atom. The van der Waals surface area contributed by atoms with Crippen LogP contribution in [0.25, 0.3) is 0 Å². The van der Waals surface area contributed by atoms with Gasteiger partial charge in [-0.05, 0) is 36.2 Å². The lowest BCUT2D eigenvalue weighted by Gasteiger charge is -2.19. The molecule has 0 radical (unpaired) electrons. The molecule has 0 aromatic carbocycles. The molecule has 0 amide bonds. The minimum Gasteiger partial charge on any atom is -0.316 e. The molecule has 1 aliphatic carbocycles. The topological polar surface area (TPSA) is 55.6 Å². The SMILES string of the molecule is CNC(CSc1nnnn1C1CCCC1)C(C)C. The molecule has 1 aliphatic rings. The first-order chi connectivity index (χ1) is 8.72. The fraction of sp³-hybridized carbons (Fsp3) is 0.917. The smallest absolute Gasteiger partial charge is 0.209 e. The van der Waals surface area contributed by atoms with Crippen LogP contribution in [0.4, 0.5) is 0 Å². The normalized spacial score (nSPS) is 18.7. The van der Waals surface area contributed by atoms with E-state index in [2.05, 4.69) is 34.7 Å². The molecule has 6 heteroatoms. The van der Waals surface area contributed by atoms with E-state index in [1.807, 2.05) is 11.7 Å². The first kappa shape index (κ1) is 13.8. The molecule has 1 aromatic heterocycles. The van der Waals surface area contributed by atoms with E-state index < -0.39 is 0 Å². The predicted octanol–water partition coefficient (Wildman–Crippen LogP) is 2.12. The van der Waals surface area contributed by atoms with Crippen LogP contribution in [0, 0.1) is 5.92 Å². The Labute approximate surface area is 113 Å². The lowest BCUT2D eigenvalue weighted by Crippen LogP contribution is -2.33. The Balaban J connectivity index is 1.95. The van der Waals surface area contributed by atoms with Crippen molar-refractivity contribution in [2.75, 3.05) is 12.8 Å². The largest absolute Gasteiger partial charge is 0.316 e. The van der Waals surface area contributed by atoms with Crippen molar-refractivity contribution in [3.05, 3.63) is 0 Å². The molecule has 1 saturated carbocycles. The van der Waals surface area contributed by atoms with E-state index in [0.717, 1.165) is 10.9 Å². The highest BCUT2D eigenvalue weighted by Gasteiger charge is 2.22. The van der Waals surface area contributed by atoms with Crippen molar-refractivity contribution in [1.82, 2.24) is 25.5 Å². The first-order valence-electron chi connectivity index (χ1n) is 6.80. The Bertz CT molecular complexity index is 359. The molecule has 1 atom stereocenters. The number of nitrogens with zero attached hydrogens (tertiary/aromatic N) is 4. The van der Waals surface area contributed by atoms with Crippen molar-refractivity contribution in [2.45, 2.75) is 56.8 Å². The summed E-state index contributed by atoms with van der Waals surface area (Å²) >= 11 is 1.77. The van der Waals surface area contributed by atoms with Crippen molar-refractivity contribution >= 4 is 11.8 Å². The highest BCUT2D eigenvalue weighted by atomic mass is 32.2. The molecule has 0 spiro atoms. The standard InChI is InChI=1S/C12H23N5S/c1-9(2)11(13-3)8-18-12-14-15-16-17(12)10-6-4-5-7-10/h9-11,13H,4-8H2,1-3H3. The molecule has 1 N–H and O–H groups in total. The molecule has 1 fully saturated rings. The summed E-state index contributed by atoms with van der Waals surface area (Å²) in [5, 5.41) is 16.5. The predicted molar refractivity (Wildman–Crippen MR) is 73.7 cm³/mol. The monoisotopic (exact) mass is 269 g/mol. The number of rotatable bonds is 6. The van der Waals surface area contributed by atoms with Gasteiger partial charge in [-0.25, -0.2) is 4.68 Å². The second-order valence-corrected chi connectivity index (χ2v) is 6.28. The maximum absolute atomic E-state index is 4.16. The summed E-state index contributed by atoms with van der Waals surface area (Å²) in [5.41, 5.74) is 0. The average Bonchev–Trinajstić information content (AvgIpc) is 2.99. The van der Waals surface area contributed by atoms with Gasteiger partial charge in [-0.2, -0.15) is 0 Å². The molecule has 2 rings (SSSR count). The molecule has 1 unspecified atom stereocenters. The maximum atomic E-state index is 4.16. The summed E-state index contributed by atoms with van der Waals surface area (Å²) in [4.78, 5) is 0. The van der Waals surface area contributed by atoms with Gasteiger partial charge in [0.1, 0.15) is 0 Å². The van der Waals surface area contributed by atoms with Gasteiger partial charge in [0.15, 0.2) is 0 Å². The van der Waals surface area contributed by atoms with Gasteiger partial charge in [-0.3, -0.25) is 0 Å². The van der Waals surface area contributed by atoms with E-state index in [9.17, 15) is 0 Å². The quantitative estimate of drug-likeness (QED) is 0.802. The van der Waals surface area contributed by atoms with Crippen molar-refractivity contribution in [1.29, 1.82) is 0 Å². The van der Waals surface area contributed by atoms with Gasteiger partial charge in [0.2, 0.25) is 5.16 Å². The van der Waals surface area contributed by atoms with Crippen LogP contribution in [0.3, 0.4) is 0 Å². The van der Waals surface area contributed by atoms with Crippen molar-refractivity contribution in [2.24, 2.45) is 5.92 Å². The number of aromatic nitrogens is 4. The third-order valence-corrected chi connectivity index (χ3v) is 4.75. The molecule has 1 aromatic rings. The minimum absolute atomic E-state index is 0.503. The van der Waals surface area contributed by atoms with Gasteiger partial charge in [0.05, 0.1) is 6.04 Å². The summed E-state index contributed by atoms with van der Waals surface area (Å²) in [6, 6.07) is 1.03. The van der Waals surface area contributed by atoms with Gasteiger partial charge in [0.25, 0.3) is 0 Å². The number of nitrogens with one attached hydrogen (secondary N) is 1. The lowest BCUT2D eigenvalue weighted by atomic mass is 10.1. The molecule has 0 aliphatic heterocycles. The van der Waals surface area contributed by atoms with Crippen molar-refractivity contribution in [3.63, 3.8) is 0 Å². The van der Waals surface area contributed by atoms with Crippen LogP contribution in [-0.2, 0) is 0 Å². The third-order valence-electron chi connectivity index (χ3n) is 3.70.